The van der Waals surface area contributed by atoms with E-state index in [-0.39, 0.29) is 24.0 Å². The molecule has 2 heterocycles. The first-order valence-electron chi connectivity index (χ1n) is 9.39. The van der Waals surface area contributed by atoms with Crippen LogP contribution in [0.3, 0.4) is 0 Å². The third-order valence-corrected chi connectivity index (χ3v) is 5.73. The van der Waals surface area contributed by atoms with E-state index >= 15 is 0 Å². The van der Waals surface area contributed by atoms with E-state index in [1.165, 1.54) is 4.88 Å². The zero-order valence-electron chi connectivity index (χ0n) is 17.9. The van der Waals surface area contributed by atoms with Crippen molar-refractivity contribution in [2.45, 2.75) is 40.4 Å². The fraction of sp³-hybridized carbons (Fsp3) is 0.400. The summed E-state index contributed by atoms with van der Waals surface area (Å²) in [5.41, 5.74) is 2.17. The lowest BCUT2D eigenvalue weighted by molar-refractivity contribution is 0.414. The third-order valence-electron chi connectivity index (χ3n) is 4.66. The highest BCUT2D eigenvalue weighted by Crippen LogP contribution is 2.16. The molecule has 162 valence electrons. The molecule has 8 nitrogen and oxygen atoms in total. The van der Waals surface area contributed by atoms with Crippen molar-refractivity contribution in [1.82, 2.24) is 30.4 Å². The first kappa shape index (κ1) is 24.1. The van der Waals surface area contributed by atoms with Crippen molar-refractivity contribution in [2.75, 3.05) is 7.11 Å². The molecule has 0 atom stereocenters. The number of methoxy groups -OCH3 is 1. The maximum absolute atomic E-state index is 5.21. The van der Waals surface area contributed by atoms with Gasteiger partial charge in [0.15, 0.2) is 11.8 Å². The lowest BCUT2D eigenvalue weighted by atomic mass is 10.2. The Morgan fingerprint density at radius 2 is 1.80 bits per heavy atom. The molecule has 30 heavy (non-hydrogen) atoms. The second-order valence-electron chi connectivity index (χ2n) is 6.69. The number of benzene rings is 1. The zero-order valence-corrected chi connectivity index (χ0v) is 21.0. The van der Waals surface area contributed by atoms with Crippen molar-refractivity contribution in [3.8, 4) is 5.75 Å². The van der Waals surface area contributed by atoms with Crippen LogP contribution in [0.15, 0.2) is 29.3 Å². The maximum atomic E-state index is 5.21. The summed E-state index contributed by atoms with van der Waals surface area (Å²) in [5.74, 6) is 3.26. The quantitative estimate of drug-likeness (QED) is 0.271. The van der Waals surface area contributed by atoms with Gasteiger partial charge in [-0.15, -0.1) is 45.5 Å². The first-order valence-corrected chi connectivity index (χ1v) is 10.2. The molecule has 0 aliphatic carbocycles. The van der Waals surface area contributed by atoms with Gasteiger partial charge >= 0.3 is 0 Å². The van der Waals surface area contributed by atoms with Crippen molar-refractivity contribution in [1.29, 1.82) is 0 Å². The van der Waals surface area contributed by atoms with Gasteiger partial charge in [0.2, 0.25) is 0 Å². The van der Waals surface area contributed by atoms with Gasteiger partial charge in [0.25, 0.3) is 0 Å². The summed E-state index contributed by atoms with van der Waals surface area (Å²) in [5, 5.41) is 16.1. The summed E-state index contributed by atoms with van der Waals surface area (Å²) in [7, 11) is 3.62. The Kier molecular flexibility index (Phi) is 9.03. The van der Waals surface area contributed by atoms with Gasteiger partial charge in [-0.1, -0.05) is 12.1 Å². The van der Waals surface area contributed by atoms with Gasteiger partial charge in [0, 0.05) is 11.9 Å². The molecule has 10 heteroatoms. The Morgan fingerprint density at radius 3 is 2.37 bits per heavy atom. The number of guanidine groups is 1. The molecule has 0 radical (unpaired) electrons. The summed E-state index contributed by atoms with van der Waals surface area (Å²) in [6, 6.07) is 7.91. The van der Waals surface area contributed by atoms with Crippen LogP contribution in [0.5, 0.6) is 5.75 Å². The molecule has 3 aromatic rings. The smallest absolute Gasteiger partial charge is 0.192 e. The van der Waals surface area contributed by atoms with E-state index in [1.54, 1.807) is 18.4 Å². The van der Waals surface area contributed by atoms with Crippen LogP contribution in [-0.2, 0) is 26.7 Å². The van der Waals surface area contributed by atoms with Crippen LogP contribution >= 0.6 is 35.3 Å². The molecule has 0 saturated carbocycles. The minimum absolute atomic E-state index is 0. The Bertz CT molecular complexity index is 962. The van der Waals surface area contributed by atoms with E-state index in [9.17, 15) is 0 Å². The van der Waals surface area contributed by atoms with Gasteiger partial charge in [-0.3, -0.25) is 0 Å². The lowest BCUT2D eigenvalue weighted by Crippen LogP contribution is -2.37. The molecular weight excluding hydrogens is 513 g/mol. The molecule has 0 unspecified atom stereocenters. The Hall–Kier alpha value is -2.21. The normalized spacial score (nSPS) is 11.2. The fourth-order valence-electron chi connectivity index (χ4n) is 2.62. The molecule has 1 aromatic carbocycles. The van der Waals surface area contributed by atoms with E-state index in [1.807, 2.05) is 49.7 Å². The summed E-state index contributed by atoms with van der Waals surface area (Å²) < 4.78 is 7.17. The van der Waals surface area contributed by atoms with Crippen LogP contribution in [0.1, 0.15) is 32.8 Å². The Labute approximate surface area is 198 Å². The topological polar surface area (TPSA) is 89.2 Å². The SMILES string of the molecule is COc1ccc(CN=C(NCc2nc(C)c(C)s2)NCc2nnc(C)n2C)cc1.I. The number of nitrogens with zero attached hydrogens (tertiary/aromatic N) is 5. The monoisotopic (exact) mass is 541 g/mol. The van der Waals surface area contributed by atoms with Crippen molar-refractivity contribution in [3.63, 3.8) is 0 Å². The molecular formula is C20H28IN7OS. The lowest BCUT2D eigenvalue weighted by Gasteiger charge is -2.12. The van der Waals surface area contributed by atoms with E-state index < -0.39 is 0 Å². The summed E-state index contributed by atoms with van der Waals surface area (Å²) >= 11 is 1.70. The highest BCUT2D eigenvalue weighted by atomic mass is 127. The zero-order chi connectivity index (χ0) is 20.8. The number of ether oxygens (including phenoxy) is 1. The van der Waals surface area contributed by atoms with E-state index in [0.29, 0.717) is 25.6 Å². The number of nitrogens with one attached hydrogen (secondary N) is 2. The number of halogens is 1. The second kappa shape index (κ2) is 11.3. The van der Waals surface area contributed by atoms with E-state index in [0.717, 1.165) is 33.7 Å². The number of aryl methyl sites for hydroxylation is 3. The average molecular weight is 541 g/mol. The number of hydrogen-bond donors (Lipinski definition) is 2. The standard InChI is InChI=1S/C20H27N7OS.HI/c1-13-14(2)29-19(24-13)12-23-20(22-11-18-26-25-15(3)27(18)4)21-10-16-6-8-17(28-5)9-7-16;/h6-9H,10-12H2,1-5H3,(H2,21,22,23);1H. The van der Waals surface area contributed by atoms with Crippen LogP contribution in [0, 0.1) is 20.8 Å². The number of hydrogen-bond acceptors (Lipinski definition) is 6. The molecule has 2 N–H and O–H groups in total. The van der Waals surface area contributed by atoms with Crippen molar-refractivity contribution in [2.24, 2.45) is 12.0 Å². The largest absolute Gasteiger partial charge is 0.497 e. The van der Waals surface area contributed by atoms with E-state index in [2.05, 4.69) is 32.7 Å². The van der Waals surface area contributed by atoms with Gasteiger partial charge in [0.05, 0.1) is 32.4 Å². The van der Waals surface area contributed by atoms with Crippen LogP contribution in [0.25, 0.3) is 0 Å². The van der Waals surface area contributed by atoms with Crippen molar-refractivity contribution in [3.05, 3.63) is 57.1 Å². The predicted octanol–water partition coefficient (Wildman–Crippen LogP) is 3.26. The molecule has 0 aliphatic rings. The average Bonchev–Trinajstić information content (AvgIpc) is 3.22. The van der Waals surface area contributed by atoms with Gasteiger partial charge in [-0.25, -0.2) is 9.98 Å². The second-order valence-corrected chi connectivity index (χ2v) is 7.98. The van der Waals surface area contributed by atoms with Crippen LogP contribution in [0.2, 0.25) is 0 Å². The number of rotatable bonds is 7. The summed E-state index contributed by atoms with van der Waals surface area (Å²) in [6.45, 7) is 7.74. The predicted molar refractivity (Wildman–Crippen MR) is 131 cm³/mol. The fourth-order valence-corrected chi connectivity index (χ4v) is 3.49. The molecule has 0 bridgehead atoms. The maximum Gasteiger partial charge on any atom is 0.192 e. The number of aliphatic imine (C=N–C) groups is 1. The molecule has 0 saturated heterocycles. The van der Waals surface area contributed by atoms with Crippen molar-refractivity contribution >= 4 is 41.3 Å². The number of thiazole rings is 1. The van der Waals surface area contributed by atoms with Gasteiger partial charge < -0.3 is 19.9 Å². The first-order chi connectivity index (χ1) is 14.0. The molecule has 0 aliphatic heterocycles. The van der Waals surface area contributed by atoms with Gasteiger partial charge in [-0.2, -0.15) is 0 Å². The van der Waals surface area contributed by atoms with E-state index in [4.69, 9.17) is 9.73 Å². The molecule has 2 aromatic heterocycles. The Morgan fingerprint density at radius 1 is 1.10 bits per heavy atom. The highest BCUT2D eigenvalue weighted by Gasteiger charge is 2.08. The van der Waals surface area contributed by atoms with Gasteiger partial charge in [0.1, 0.15) is 16.6 Å². The van der Waals surface area contributed by atoms with Gasteiger partial charge in [-0.05, 0) is 38.5 Å². The van der Waals surface area contributed by atoms with Crippen LogP contribution in [0.4, 0.5) is 0 Å². The summed E-state index contributed by atoms with van der Waals surface area (Å²) in [4.78, 5) is 10.5. The van der Waals surface area contributed by atoms with Crippen molar-refractivity contribution < 1.29 is 4.74 Å². The molecule has 0 amide bonds. The Balaban J connectivity index is 0.00000320. The summed E-state index contributed by atoms with van der Waals surface area (Å²) in [6.07, 6.45) is 0. The minimum Gasteiger partial charge on any atom is -0.497 e. The third kappa shape index (κ3) is 6.39. The molecule has 0 fully saturated rings. The minimum atomic E-state index is 0. The molecule has 3 rings (SSSR count). The highest BCUT2D eigenvalue weighted by molar-refractivity contribution is 14.0. The molecule has 0 spiro atoms. The van der Waals surface area contributed by atoms with Crippen LogP contribution in [-0.4, -0.2) is 32.8 Å². The number of aromatic nitrogens is 4. The van der Waals surface area contributed by atoms with Crippen LogP contribution < -0.4 is 15.4 Å².